The molecule has 0 radical (unpaired) electrons. The van der Waals surface area contributed by atoms with Crippen LogP contribution in [0.15, 0.2) is 23.3 Å². The molecule has 1 N–H and O–H groups in total. The average molecular weight is 217 g/mol. The molecule has 1 aliphatic heterocycles. The van der Waals surface area contributed by atoms with E-state index < -0.39 is 0 Å². The predicted octanol–water partition coefficient (Wildman–Crippen LogP) is 1.25. The number of ether oxygens (including phenoxy) is 2. The Bertz CT molecular complexity index is 437. The molecule has 0 fully saturated rings. The molecular weight excluding hydrogens is 206 g/mol. The number of rotatable bonds is 4. The van der Waals surface area contributed by atoms with Crippen molar-refractivity contribution in [1.29, 1.82) is 5.26 Å². The molecule has 1 aromatic carbocycles. The molecule has 0 bridgehead atoms. The van der Waals surface area contributed by atoms with E-state index in [1.807, 2.05) is 24.3 Å². The lowest BCUT2D eigenvalue weighted by molar-refractivity contribution is 0.174. The third kappa shape index (κ3) is 2.42. The van der Waals surface area contributed by atoms with Crippen molar-refractivity contribution in [3.8, 4) is 17.6 Å². The zero-order chi connectivity index (χ0) is 11.2. The van der Waals surface area contributed by atoms with Crippen LogP contribution in [0.1, 0.15) is 12.0 Å². The van der Waals surface area contributed by atoms with Gasteiger partial charge in [-0.25, -0.2) is 0 Å². The lowest BCUT2D eigenvalue weighted by Crippen LogP contribution is -2.06. The van der Waals surface area contributed by atoms with E-state index in [4.69, 9.17) is 14.7 Å². The van der Waals surface area contributed by atoms with Crippen molar-refractivity contribution in [3.63, 3.8) is 0 Å². The van der Waals surface area contributed by atoms with Crippen LogP contribution >= 0.6 is 0 Å². The summed E-state index contributed by atoms with van der Waals surface area (Å²) in [4.78, 5) is 0. The summed E-state index contributed by atoms with van der Waals surface area (Å²) in [6, 6.07) is 7.62. The molecule has 0 aliphatic carbocycles. The van der Waals surface area contributed by atoms with Gasteiger partial charge in [0.1, 0.15) is 0 Å². The zero-order valence-corrected chi connectivity index (χ0v) is 8.64. The second-order valence-corrected chi connectivity index (χ2v) is 3.19. The Labute approximate surface area is 93.3 Å². The summed E-state index contributed by atoms with van der Waals surface area (Å²) in [6.07, 6.45) is 2.12. The van der Waals surface area contributed by atoms with Crippen molar-refractivity contribution in [2.45, 2.75) is 6.42 Å². The summed E-state index contributed by atoms with van der Waals surface area (Å²) in [5.74, 6) is 1.50. The Morgan fingerprint density at radius 2 is 2.31 bits per heavy atom. The number of nitrogens with one attached hydrogen (secondary N) is 1. The second kappa shape index (κ2) is 5.03. The number of fused-ring (bicyclic) bond motifs is 1. The average Bonchev–Trinajstić information content (AvgIpc) is 2.76. The molecule has 0 unspecified atom stereocenters. The number of hydrogen-bond acceptors (Lipinski definition) is 5. The smallest absolute Gasteiger partial charge is 0.231 e. The molecule has 1 aliphatic rings. The first-order valence-corrected chi connectivity index (χ1v) is 4.92. The summed E-state index contributed by atoms with van der Waals surface area (Å²) in [7, 11) is 0. The highest BCUT2D eigenvalue weighted by Crippen LogP contribution is 2.31. The molecule has 16 heavy (non-hydrogen) atoms. The highest BCUT2D eigenvalue weighted by Gasteiger charge is 2.12. The quantitative estimate of drug-likeness (QED) is 0.468. The SMILES string of the molecule is N#CCCNN=Cc1ccc2c(c1)OCO2. The van der Waals surface area contributed by atoms with E-state index in [1.54, 1.807) is 6.21 Å². The van der Waals surface area contributed by atoms with Crippen LogP contribution in [0.4, 0.5) is 0 Å². The molecule has 0 saturated carbocycles. The van der Waals surface area contributed by atoms with Gasteiger partial charge in [-0.3, -0.25) is 0 Å². The van der Waals surface area contributed by atoms with Gasteiger partial charge in [-0.1, -0.05) is 0 Å². The molecule has 0 amide bonds. The van der Waals surface area contributed by atoms with Crippen molar-refractivity contribution >= 4 is 6.21 Å². The number of hydrogen-bond donors (Lipinski definition) is 1. The number of hydrazone groups is 1. The normalized spacial score (nSPS) is 12.7. The van der Waals surface area contributed by atoms with Crippen molar-refractivity contribution in [2.24, 2.45) is 5.10 Å². The maximum Gasteiger partial charge on any atom is 0.231 e. The summed E-state index contributed by atoms with van der Waals surface area (Å²) < 4.78 is 10.4. The van der Waals surface area contributed by atoms with E-state index in [0.717, 1.165) is 17.1 Å². The molecule has 2 rings (SSSR count). The Kier molecular flexibility index (Phi) is 3.24. The first-order valence-electron chi connectivity index (χ1n) is 4.92. The van der Waals surface area contributed by atoms with Crippen LogP contribution in [-0.2, 0) is 0 Å². The Balaban J connectivity index is 1.92. The maximum atomic E-state index is 8.32. The van der Waals surface area contributed by atoms with E-state index in [9.17, 15) is 0 Å². The summed E-state index contributed by atoms with van der Waals surface area (Å²) in [5, 5.41) is 12.3. The molecular formula is C11H11N3O2. The van der Waals surface area contributed by atoms with Gasteiger partial charge in [-0.15, -0.1) is 0 Å². The Morgan fingerprint density at radius 3 is 3.19 bits per heavy atom. The molecule has 1 aromatic rings. The van der Waals surface area contributed by atoms with Gasteiger partial charge in [0, 0.05) is 6.54 Å². The van der Waals surface area contributed by atoms with E-state index >= 15 is 0 Å². The van der Waals surface area contributed by atoms with E-state index in [2.05, 4.69) is 10.5 Å². The number of nitrogens with zero attached hydrogens (tertiary/aromatic N) is 2. The first-order chi connectivity index (χ1) is 7.90. The molecule has 5 nitrogen and oxygen atoms in total. The molecule has 0 atom stereocenters. The predicted molar refractivity (Wildman–Crippen MR) is 58.4 cm³/mol. The van der Waals surface area contributed by atoms with Crippen molar-refractivity contribution in [1.82, 2.24) is 5.43 Å². The lowest BCUT2D eigenvalue weighted by Gasteiger charge is -1.97. The molecule has 1 heterocycles. The van der Waals surface area contributed by atoms with E-state index in [0.29, 0.717) is 13.0 Å². The van der Waals surface area contributed by atoms with Crippen molar-refractivity contribution in [2.75, 3.05) is 13.3 Å². The molecule has 0 saturated heterocycles. The van der Waals surface area contributed by atoms with Crippen molar-refractivity contribution in [3.05, 3.63) is 23.8 Å². The first kappa shape index (κ1) is 10.3. The largest absolute Gasteiger partial charge is 0.454 e. The fourth-order valence-corrected chi connectivity index (χ4v) is 1.29. The van der Waals surface area contributed by atoms with Gasteiger partial charge in [0.05, 0.1) is 18.7 Å². The summed E-state index contributed by atoms with van der Waals surface area (Å²) in [5.41, 5.74) is 3.70. The monoisotopic (exact) mass is 217 g/mol. The van der Waals surface area contributed by atoms with Crippen LogP contribution in [0, 0.1) is 11.3 Å². The Morgan fingerprint density at radius 1 is 1.44 bits per heavy atom. The summed E-state index contributed by atoms with van der Waals surface area (Å²) in [6.45, 7) is 0.827. The van der Waals surface area contributed by atoms with Crippen LogP contribution in [0.5, 0.6) is 11.5 Å². The minimum Gasteiger partial charge on any atom is -0.454 e. The standard InChI is InChI=1S/C11H11N3O2/c12-4-1-5-13-14-7-9-2-3-10-11(6-9)16-8-15-10/h2-3,6-7,13H,1,5,8H2. The minimum atomic E-state index is 0.274. The van der Waals surface area contributed by atoms with E-state index in [1.165, 1.54) is 0 Å². The third-order valence-corrected chi connectivity index (χ3v) is 2.05. The van der Waals surface area contributed by atoms with Crippen LogP contribution in [0.3, 0.4) is 0 Å². The lowest BCUT2D eigenvalue weighted by atomic mass is 10.2. The summed E-state index contributed by atoms with van der Waals surface area (Å²) >= 11 is 0. The third-order valence-electron chi connectivity index (χ3n) is 2.05. The van der Waals surface area contributed by atoms with Crippen LogP contribution in [0.2, 0.25) is 0 Å². The van der Waals surface area contributed by atoms with Crippen LogP contribution in [0.25, 0.3) is 0 Å². The number of nitriles is 1. The highest BCUT2D eigenvalue weighted by atomic mass is 16.7. The van der Waals surface area contributed by atoms with Crippen molar-refractivity contribution < 1.29 is 9.47 Å². The Hall–Kier alpha value is -2.22. The maximum absolute atomic E-state index is 8.32. The zero-order valence-electron chi connectivity index (χ0n) is 8.64. The molecule has 0 aromatic heterocycles. The van der Waals surface area contributed by atoms with E-state index in [-0.39, 0.29) is 6.79 Å². The minimum absolute atomic E-state index is 0.274. The van der Waals surface area contributed by atoms with Gasteiger partial charge in [0.25, 0.3) is 0 Å². The van der Waals surface area contributed by atoms with Gasteiger partial charge < -0.3 is 14.9 Å². The fraction of sp³-hybridized carbons (Fsp3) is 0.273. The fourth-order valence-electron chi connectivity index (χ4n) is 1.29. The molecule has 82 valence electrons. The van der Waals surface area contributed by atoms with Crippen LogP contribution in [-0.4, -0.2) is 19.6 Å². The van der Waals surface area contributed by atoms with Gasteiger partial charge in [-0.05, 0) is 23.8 Å². The highest BCUT2D eigenvalue weighted by molar-refractivity contribution is 5.80. The van der Waals surface area contributed by atoms with Gasteiger partial charge in [-0.2, -0.15) is 10.4 Å². The molecule has 0 spiro atoms. The van der Waals surface area contributed by atoms with Gasteiger partial charge in [0.2, 0.25) is 6.79 Å². The van der Waals surface area contributed by atoms with Gasteiger partial charge >= 0.3 is 0 Å². The number of benzene rings is 1. The topological polar surface area (TPSA) is 66.6 Å². The molecule has 5 heteroatoms. The van der Waals surface area contributed by atoms with Gasteiger partial charge in [0.15, 0.2) is 11.5 Å². The second-order valence-electron chi connectivity index (χ2n) is 3.19. The van der Waals surface area contributed by atoms with Crippen LogP contribution < -0.4 is 14.9 Å².